The van der Waals surface area contributed by atoms with Crippen LogP contribution in [0.3, 0.4) is 0 Å². The van der Waals surface area contributed by atoms with E-state index < -0.39 is 0 Å². The maximum Gasteiger partial charge on any atom is 0.263 e. The predicted octanol–water partition coefficient (Wildman–Crippen LogP) is 4.10. The lowest BCUT2D eigenvalue weighted by Crippen LogP contribution is -2.44. The zero-order valence-corrected chi connectivity index (χ0v) is 16.4. The lowest BCUT2D eigenvalue weighted by molar-refractivity contribution is 0.0666. The highest BCUT2D eigenvalue weighted by molar-refractivity contribution is 7.14. The molecule has 1 amide bonds. The Morgan fingerprint density at radius 3 is 2.79 bits per heavy atom. The minimum Gasteiger partial charge on any atom is -0.338 e. The topological polar surface area (TPSA) is 46.3 Å². The molecule has 2 N–H and O–H groups in total. The summed E-state index contributed by atoms with van der Waals surface area (Å²) in [5.41, 5.74) is 7.84. The van der Waals surface area contributed by atoms with Crippen molar-refractivity contribution in [1.29, 1.82) is 0 Å². The molecule has 1 fully saturated rings. The monoisotopic (exact) mass is 348 g/mol. The van der Waals surface area contributed by atoms with Gasteiger partial charge in [-0.3, -0.25) is 4.79 Å². The minimum absolute atomic E-state index is 0.171. The summed E-state index contributed by atoms with van der Waals surface area (Å²) in [5.74, 6) is 1.40. The lowest BCUT2D eigenvalue weighted by Gasteiger charge is -2.34. The molecular weight excluding hydrogens is 316 g/mol. The van der Waals surface area contributed by atoms with Crippen LogP contribution in [0.25, 0.3) is 0 Å². The molecule has 1 aromatic rings. The van der Waals surface area contributed by atoms with Crippen molar-refractivity contribution in [2.24, 2.45) is 23.0 Å². The smallest absolute Gasteiger partial charge is 0.263 e. The maximum atomic E-state index is 13.0. The zero-order valence-electron chi connectivity index (χ0n) is 15.6. The number of piperidine rings is 1. The molecule has 4 heteroatoms. The highest BCUT2D eigenvalue weighted by Gasteiger charge is 2.32. The van der Waals surface area contributed by atoms with Crippen LogP contribution in [0.2, 0.25) is 0 Å². The molecule has 3 atom stereocenters. The van der Waals surface area contributed by atoms with Crippen molar-refractivity contribution in [1.82, 2.24) is 4.90 Å². The molecule has 3 unspecified atom stereocenters. The molecule has 134 valence electrons. The molecule has 0 bridgehead atoms. The molecule has 0 aromatic carbocycles. The third-order valence-corrected chi connectivity index (χ3v) is 7.23. The largest absolute Gasteiger partial charge is 0.338 e. The maximum absolute atomic E-state index is 13.0. The minimum atomic E-state index is 0.171. The van der Waals surface area contributed by atoms with E-state index in [1.165, 1.54) is 16.9 Å². The van der Waals surface area contributed by atoms with Crippen molar-refractivity contribution < 1.29 is 4.79 Å². The fourth-order valence-electron chi connectivity index (χ4n) is 4.15. The number of fused-ring (bicyclic) bond motifs is 1. The van der Waals surface area contributed by atoms with Crippen LogP contribution in [-0.4, -0.2) is 29.9 Å². The number of nitrogens with two attached hydrogens (primary N) is 1. The third-order valence-electron chi connectivity index (χ3n) is 6.01. The summed E-state index contributed by atoms with van der Waals surface area (Å²) in [6.07, 6.45) is 5.74. The Labute approximate surface area is 150 Å². The fraction of sp³-hybridized carbons (Fsp3) is 0.750. The lowest BCUT2D eigenvalue weighted by atomic mass is 9.72. The van der Waals surface area contributed by atoms with Gasteiger partial charge in [-0.15, -0.1) is 11.3 Å². The number of nitrogens with zero attached hydrogens (tertiary/aromatic N) is 1. The van der Waals surface area contributed by atoms with Gasteiger partial charge < -0.3 is 10.6 Å². The summed E-state index contributed by atoms with van der Waals surface area (Å²) in [5, 5.41) is 0. The number of hydrogen-bond acceptors (Lipinski definition) is 3. The average molecular weight is 349 g/mol. The predicted molar refractivity (Wildman–Crippen MR) is 102 cm³/mol. The molecule has 3 rings (SSSR count). The van der Waals surface area contributed by atoms with E-state index in [4.69, 9.17) is 5.73 Å². The molecule has 3 nitrogen and oxygen atoms in total. The second kappa shape index (κ2) is 6.80. The van der Waals surface area contributed by atoms with E-state index >= 15 is 0 Å². The van der Waals surface area contributed by atoms with Gasteiger partial charge in [0.05, 0.1) is 4.88 Å². The average Bonchev–Trinajstić information content (AvgIpc) is 2.96. The Balaban J connectivity index is 1.72. The van der Waals surface area contributed by atoms with Crippen LogP contribution in [0.1, 0.15) is 67.1 Å². The van der Waals surface area contributed by atoms with Crippen LogP contribution in [0, 0.1) is 17.3 Å². The molecule has 1 aromatic heterocycles. The molecule has 1 aliphatic heterocycles. The standard InChI is InChI=1S/C20H32N2OS/c1-13(21)14-6-5-9-22(12-14)19(23)18-11-15-10-16(20(2,3)4)7-8-17(15)24-18/h11,13-14,16H,5-10,12,21H2,1-4H3. The third kappa shape index (κ3) is 3.70. The number of rotatable bonds is 2. The first-order valence-electron chi connectivity index (χ1n) is 9.42. The van der Waals surface area contributed by atoms with Gasteiger partial charge in [0.15, 0.2) is 0 Å². The molecule has 0 spiro atoms. The van der Waals surface area contributed by atoms with E-state index in [0.717, 1.165) is 49.6 Å². The molecule has 0 saturated carbocycles. The quantitative estimate of drug-likeness (QED) is 0.874. The van der Waals surface area contributed by atoms with E-state index in [2.05, 4.69) is 33.8 Å². The molecule has 1 saturated heterocycles. The van der Waals surface area contributed by atoms with Crippen LogP contribution >= 0.6 is 11.3 Å². The Morgan fingerprint density at radius 1 is 1.38 bits per heavy atom. The van der Waals surface area contributed by atoms with Gasteiger partial charge >= 0.3 is 0 Å². The SMILES string of the molecule is CC(N)C1CCCN(C(=O)c2cc3c(s2)CCC(C(C)(C)C)C3)C1. The van der Waals surface area contributed by atoms with E-state index in [1.54, 1.807) is 11.3 Å². The van der Waals surface area contributed by atoms with Gasteiger partial charge in [-0.05, 0) is 67.9 Å². The molecule has 2 heterocycles. The van der Waals surface area contributed by atoms with Gasteiger partial charge in [0.25, 0.3) is 5.91 Å². The van der Waals surface area contributed by atoms with Crippen LogP contribution in [-0.2, 0) is 12.8 Å². The number of thiophene rings is 1. The van der Waals surface area contributed by atoms with Gasteiger partial charge in [-0.1, -0.05) is 20.8 Å². The van der Waals surface area contributed by atoms with Gasteiger partial charge in [0.2, 0.25) is 0 Å². The number of hydrogen-bond donors (Lipinski definition) is 1. The Hall–Kier alpha value is -0.870. The van der Waals surface area contributed by atoms with E-state index in [0.29, 0.717) is 11.3 Å². The zero-order chi connectivity index (χ0) is 17.5. The normalized spacial score (nSPS) is 26.1. The van der Waals surface area contributed by atoms with Crippen molar-refractivity contribution in [2.45, 2.75) is 65.8 Å². The molecule has 2 aliphatic rings. The highest BCUT2D eigenvalue weighted by atomic mass is 32.1. The van der Waals surface area contributed by atoms with E-state index in [9.17, 15) is 4.79 Å². The highest BCUT2D eigenvalue weighted by Crippen LogP contribution is 2.40. The number of carbonyl (C=O) groups is 1. The van der Waals surface area contributed by atoms with Crippen molar-refractivity contribution in [3.8, 4) is 0 Å². The van der Waals surface area contributed by atoms with Crippen molar-refractivity contribution in [3.05, 3.63) is 21.4 Å². The van der Waals surface area contributed by atoms with E-state index in [-0.39, 0.29) is 11.9 Å². The van der Waals surface area contributed by atoms with Crippen molar-refractivity contribution in [3.63, 3.8) is 0 Å². The first kappa shape index (κ1) is 17.9. The second-order valence-electron chi connectivity index (χ2n) is 8.88. The van der Waals surface area contributed by atoms with Crippen LogP contribution < -0.4 is 5.73 Å². The molecular formula is C20H32N2OS. The number of carbonyl (C=O) groups excluding carboxylic acids is 1. The number of likely N-dealkylation sites (tertiary alicyclic amines) is 1. The number of amides is 1. The summed E-state index contributed by atoms with van der Waals surface area (Å²) in [7, 11) is 0. The molecule has 1 aliphatic carbocycles. The van der Waals surface area contributed by atoms with Gasteiger partial charge in [0, 0.05) is 24.0 Å². The summed E-state index contributed by atoms with van der Waals surface area (Å²) in [6.45, 7) is 10.8. The molecule has 0 radical (unpaired) electrons. The summed E-state index contributed by atoms with van der Waals surface area (Å²) < 4.78 is 0. The van der Waals surface area contributed by atoms with Crippen LogP contribution in [0.4, 0.5) is 0 Å². The van der Waals surface area contributed by atoms with Gasteiger partial charge in [-0.2, -0.15) is 0 Å². The first-order valence-corrected chi connectivity index (χ1v) is 10.2. The Kier molecular flexibility index (Phi) is 5.08. The number of aryl methyl sites for hydroxylation is 1. The Bertz CT molecular complexity index is 599. The van der Waals surface area contributed by atoms with Gasteiger partial charge in [-0.25, -0.2) is 0 Å². The summed E-state index contributed by atoms with van der Waals surface area (Å²) in [6, 6.07) is 2.36. The van der Waals surface area contributed by atoms with E-state index in [1.807, 2.05) is 4.90 Å². The Morgan fingerprint density at radius 2 is 2.12 bits per heavy atom. The van der Waals surface area contributed by atoms with Gasteiger partial charge in [0.1, 0.15) is 0 Å². The summed E-state index contributed by atoms with van der Waals surface area (Å²) >= 11 is 1.74. The fourth-order valence-corrected chi connectivity index (χ4v) is 5.32. The second-order valence-corrected chi connectivity index (χ2v) is 10.0. The van der Waals surface area contributed by atoms with Crippen molar-refractivity contribution >= 4 is 17.2 Å². The first-order chi connectivity index (χ1) is 11.3. The van der Waals surface area contributed by atoms with Crippen LogP contribution in [0.5, 0.6) is 0 Å². The summed E-state index contributed by atoms with van der Waals surface area (Å²) in [4.78, 5) is 17.4. The van der Waals surface area contributed by atoms with Crippen LogP contribution in [0.15, 0.2) is 6.07 Å². The van der Waals surface area contributed by atoms with Crippen molar-refractivity contribution in [2.75, 3.05) is 13.1 Å². The molecule has 24 heavy (non-hydrogen) atoms.